The van der Waals surface area contributed by atoms with Crippen LogP contribution in [-0.4, -0.2) is 41.7 Å². The molecule has 0 amide bonds. The van der Waals surface area contributed by atoms with E-state index in [2.05, 4.69) is 28.1 Å². The zero-order valence-electron chi connectivity index (χ0n) is 15.9. The Hall–Kier alpha value is -2.17. The molecular weight excluding hydrogens is 336 g/mol. The number of aliphatic hydroxyl groups is 1. The lowest BCUT2D eigenvalue weighted by Gasteiger charge is -2.53. The van der Waals surface area contributed by atoms with E-state index < -0.39 is 5.60 Å². The number of rotatable bonds is 5. The fourth-order valence-electron chi connectivity index (χ4n) is 4.90. The second-order valence-electron chi connectivity index (χ2n) is 7.75. The molecule has 1 aromatic heterocycles. The van der Waals surface area contributed by atoms with Crippen molar-refractivity contribution in [3.05, 3.63) is 66.0 Å². The van der Waals surface area contributed by atoms with Crippen molar-refractivity contribution in [3.63, 3.8) is 0 Å². The van der Waals surface area contributed by atoms with E-state index in [1.807, 2.05) is 36.5 Å². The first-order chi connectivity index (χ1) is 13.2. The maximum absolute atomic E-state index is 11.6. The van der Waals surface area contributed by atoms with E-state index in [9.17, 15) is 5.11 Å². The summed E-state index contributed by atoms with van der Waals surface area (Å²) in [6.07, 6.45) is 11.3. The molecule has 1 saturated carbocycles. The summed E-state index contributed by atoms with van der Waals surface area (Å²) in [6.45, 7) is 2.75. The normalized spacial score (nSPS) is 28.4. The van der Waals surface area contributed by atoms with Crippen LogP contribution in [0.15, 0.2) is 54.9 Å². The average Bonchev–Trinajstić information content (AvgIpc) is 2.69. The van der Waals surface area contributed by atoms with Gasteiger partial charge in [0, 0.05) is 55.0 Å². The molecule has 2 aromatic rings. The summed E-state index contributed by atoms with van der Waals surface area (Å²) in [5.41, 5.74) is 1.36. The average molecular weight is 364 g/mol. The van der Waals surface area contributed by atoms with Crippen molar-refractivity contribution < 1.29 is 9.84 Å². The van der Waals surface area contributed by atoms with E-state index in [0.717, 1.165) is 49.4 Å². The standard InChI is InChI=1S/C23H28N2O2/c1-27-22-12-3-2-7-18(22)8-6-14-25-16-20-9-4-10-21(17-25)23(20,26)19-11-5-13-24-15-19/h2-3,5-8,11-13,15,20-21,26H,4,9-10,14,16-17H2,1H3/b8-6+/t20-,21-/m1/s1. The Labute approximate surface area is 161 Å². The Morgan fingerprint density at radius 2 is 1.96 bits per heavy atom. The van der Waals surface area contributed by atoms with Gasteiger partial charge in [-0.05, 0) is 25.0 Å². The van der Waals surface area contributed by atoms with Crippen molar-refractivity contribution in [1.82, 2.24) is 9.88 Å². The van der Waals surface area contributed by atoms with E-state index in [-0.39, 0.29) is 11.8 Å². The van der Waals surface area contributed by atoms with Crippen LogP contribution in [0.3, 0.4) is 0 Å². The number of ether oxygens (including phenoxy) is 1. The Balaban J connectivity index is 1.47. The first kappa shape index (κ1) is 18.2. The largest absolute Gasteiger partial charge is 0.496 e. The zero-order valence-corrected chi connectivity index (χ0v) is 15.9. The summed E-state index contributed by atoms with van der Waals surface area (Å²) in [4.78, 5) is 6.73. The number of piperidine rings is 1. The minimum atomic E-state index is -0.727. The number of para-hydroxylation sites is 1. The number of benzene rings is 1. The number of nitrogens with zero attached hydrogens (tertiary/aromatic N) is 2. The predicted molar refractivity (Wildman–Crippen MR) is 107 cm³/mol. The van der Waals surface area contributed by atoms with Crippen LogP contribution in [0, 0.1) is 11.8 Å². The van der Waals surface area contributed by atoms with Crippen LogP contribution < -0.4 is 4.74 Å². The van der Waals surface area contributed by atoms with Gasteiger partial charge >= 0.3 is 0 Å². The minimum absolute atomic E-state index is 0.272. The number of aromatic nitrogens is 1. The van der Waals surface area contributed by atoms with Crippen LogP contribution in [0.2, 0.25) is 0 Å². The van der Waals surface area contributed by atoms with E-state index >= 15 is 0 Å². The minimum Gasteiger partial charge on any atom is -0.496 e. The molecule has 4 nitrogen and oxygen atoms in total. The lowest BCUT2D eigenvalue weighted by atomic mass is 9.63. The molecule has 1 aliphatic carbocycles. The van der Waals surface area contributed by atoms with E-state index in [1.165, 1.54) is 6.42 Å². The van der Waals surface area contributed by atoms with Gasteiger partial charge in [-0.3, -0.25) is 9.88 Å². The third kappa shape index (κ3) is 3.52. The predicted octanol–water partition coefficient (Wildman–Crippen LogP) is 3.72. The Kier molecular flexibility index (Phi) is 5.28. The molecule has 1 aromatic carbocycles. The molecule has 1 aliphatic heterocycles. The molecule has 4 rings (SSSR count). The number of hydrogen-bond acceptors (Lipinski definition) is 4. The lowest BCUT2D eigenvalue weighted by Crippen LogP contribution is -2.58. The highest BCUT2D eigenvalue weighted by Crippen LogP contribution is 2.48. The van der Waals surface area contributed by atoms with Gasteiger partial charge in [0.25, 0.3) is 0 Å². The highest BCUT2D eigenvalue weighted by Gasteiger charge is 2.51. The molecular formula is C23H28N2O2. The molecule has 27 heavy (non-hydrogen) atoms. The Morgan fingerprint density at radius 3 is 2.67 bits per heavy atom. The van der Waals surface area contributed by atoms with Crippen LogP contribution in [0.5, 0.6) is 5.75 Å². The maximum atomic E-state index is 11.6. The highest BCUT2D eigenvalue weighted by atomic mass is 16.5. The van der Waals surface area contributed by atoms with Crippen molar-refractivity contribution >= 4 is 6.08 Å². The van der Waals surface area contributed by atoms with Crippen molar-refractivity contribution in [1.29, 1.82) is 0 Å². The number of pyridine rings is 1. The zero-order chi connectivity index (χ0) is 18.7. The molecule has 2 fully saturated rings. The topological polar surface area (TPSA) is 45.6 Å². The van der Waals surface area contributed by atoms with Crippen molar-refractivity contribution in [2.75, 3.05) is 26.7 Å². The van der Waals surface area contributed by atoms with Gasteiger partial charge in [0.1, 0.15) is 5.75 Å². The van der Waals surface area contributed by atoms with Crippen molar-refractivity contribution in [2.24, 2.45) is 11.8 Å². The van der Waals surface area contributed by atoms with Gasteiger partial charge < -0.3 is 9.84 Å². The molecule has 2 heterocycles. The second-order valence-corrected chi connectivity index (χ2v) is 7.75. The number of hydrogen-bond donors (Lipinski definition) is 1. The Morgan fingerprint density at radius 1 is 1.19 bits per heavy atom. The number of fused-ring (bicyclic) bond motifs is 2. The lowest BCUT2D eigenvalue weighted by molar-refractivity contribution is -0.145. The van der Waals surface area contributed by atoms with E-state index in [0.29, 0.717) is 0 Å². The molecule has 0 radical (unpaired) electrons. The molecule has 2 aliphatic rings. The van der Waals surface area contributed by atoms with Gasteiger partial charge in [0.05, 0.1) is 12.7 Å². The van der Waals surface area contributed by atoms with Crippen LogP contribution in [-0.2, 0) is 5.60 Å². The first-order valence-corrected chi connectivity index (χ1v) is 9.86. The van der Waals surface area contributed by atoms with Gasteiger partial charge in [0.15, 0.2) is 0 Å². The third-order valence-corrected chi connectivity index (χ3v) is 6.23. The van der Waals surface area contributed by atoms with Crippen LogP contribution in [0.25, 0.3) is 6.08 Å². The fraction of sp³-hybridized carbons (Fsp3) is 0.435. The van der Waals surface area contributed by atoms with Gasteiger partial charge in [0.2, 0.25) is 0 Å². The summed E-state index contributed by atoms with van der Waals surface area (Å²) in [5, 5.41) is 11.6. The molecule has 4 heteroatoms. The maximum Gasteiger partial charge on any atom is 0.126 e. The van der Waals surface area contributed by atoms with Crippen molar-refractivity contribution in [3.8, 4) is 5.75 Å². The van der Waals surface area contributed by atoms with E-state index in [4.69, 9.17) is 4.74 Å². The van der Waals surface area contributed by atoms with Crippen LogP contribution >= 0.6 is 0 Å². The van der Waals surface area contributed by atoms with Crippen LogP contribution in [0.1, 0.15) is 30.4 Å². The molecule has 2 atom stereocenters. The molecule has 1 saturated heterocycles. The molecule has 2 bridgehead atoms. The SMILES string of the molecule is COc1ccccc1/C=C/CN1C[C@H]2CCC[C@H](C1)C2(O)c1cccnc1. The van der Waals surface area contributed by atoms with Gasteiger partial charge in [-0.15, -0.1) is 0 Å². The Bertz CT molecular complexity index is 776. The first-order valence-electron chi connectivity index (χ1n) is 9.86. The number of likely N-dealkylation sites (tertiary alicyclic amines) is 1. The third-order valence-electron chi connectivity index (χ3n) is 6.23. The summed E-state index contributed by atoms with van der Waals surface area (Å²) in [5.74, 6) is 1.44. The van der Waals surface area contributed by atoms with Gasteiger partial charge in [-0.2, -0.15) is 0 Å². The molecule has 0 spiro atoms. The smallest absolute Gasteiger partial charge is 0.126 e. The summed E-state index contributed by atoms with van der Waals surface area (Å²) in [6, 6.07) is 12.0. The summed E-state index contributed by atoms with van der Waals surface area (Å²) in [7, 11) is 1.71. The number of methoxy groups -OCH3 is 1. The molecule has 0 unspecified atom stereocenters. The fourth-order valence-corrected chi connectivity index (χ4v) is 4.90. The summed E-state index contributed by atoms with van der Waals surface area (Å²) < 4.78 is 5.42. The summed E-state index contributed by atoms with van der Waals surface area (Å²) >= 11 is 0. The second kappa shape index (κ2) is 7.83. The van der Waals surface area contributed by atoms with Gasteiger partial charge in [-0.1, -0.05) is 42.8 Å². The highest BCUT2D eigenvalue weighted by molar-refractivity contribution is 5.57. The van der Waals surface area contributed by atoms with E-state index in [1.54, 1.807) is 13.3 Å². The van der Waals surface area contributed by atoms with Crippen molar-refractivity contribution in [2.45, 2.75) is 24.9 Å². The van der Waals surface area contributed by atoms with Gasteiger partial charge in [-0.25, -0.2) is 0 Å². The monoisotopic (exact) mass is 364 g/mol. The quantitative estimate of drug-likeness (QED) is 0.878. The molecule has 1 N–H and O–H groups in total. The van der Waals surface area contributed by atoms with Crippen LogP contribution in [0.4, 0.5) is 0 Å². The molecule has 142 valence electrons.